The molecule has 1 N–H and O–H groups in total. The summed E-state index contributed by atoms with van der Waals surface area (Å²) < 4.78 is 7.22. The van der Waals surface area contributed by atoms with Crippen LogP contribution in [0.25, 0.3) is 15.9 Å². The minimum absolute atomic E-state index is 0.0693. The van der Waals surface area contributed by atoms with Crippen LogP contribution in [-0.4, -0.2) is 27.8 Å². The lowest BCUT2D eigenvalue weighted by molar-refractivity contribution is -0.113. The number of carbonyl (C=O) groups is 1. The molecule has 2 aromatic carbocycles. The third-order valence-electron chi connectivity index (χ3n) is 6.00. The van der Waals surface area contributed by atoms with Gasteiger partial charge >= 0.3 is 0 Å². The van der Waals surface area contributed by atoms with E-state index in [1.807, 2.05) is 62.4 Å². The van der Waals surface area contributed by atoms with E-state index in [2.05, 4.69) is 5.32 Å². The molecule has 0 atom stereocenters. The number of rotatable bonds is 7. The molecule has 2 aromatic heterocycles. The van der Waals surface area contributed by atoms with Crippen molar-refractivity contribution in [1.82, 2.24) is 9.55 Å². The van der Waals surface area contributed by atoms with Crippen LogP contribution in [0.15, 0.2) is 58.5 Å². The zero-order valence-corrected chi connectivity index (χ0v) is 21.4. The number of carbonyl (C=O) groups excluding carboxylic acids is 1. The molecule has 0 radical (unpaired) electrons. The number of aromatic nitrogens is 2. The van der Waals surface area contributed by atoms with Crippen molar-refractivity contribution >= 4 is 44.9 Å². The van der Waals surface area contributed by atoms with E-state index in [9.17, 15) is 9.59 Å². The fraction of sp³-hybridized carbons (Fsp3) is 0.296. The normalized spacial score (nSPS) is 13.0. The van der Waals surface area contributed by atoms with Gasteiger partial charge in [0.05, 0.1) is 23.4 Å². The number of nitrogens with one attached hydrogen (secondary N) is 1. The molecule has 0 bridgehead atoms. The summed E-state index contributed by atoms with van der Waals surface area (Å²) in [6.45, 7) is 4.50. The number of thiophene rings is 1. The van der Waals surface area contributed by atoms with E-state index in [0.717, 1.165) is 58.5 Å². The maximum Gasteiger partial charge on any atom is 0.267 e. The number of amides is 1. The molecule has 1 amide bonds. The number of aryl methyl sites for hydroxylation is 3. The van der Waals surface area contributed by atoms with Gasteiger partial charge in [0, 0.05) is 10.6 Å². The van der Waals surface area contributed by atoms with Crippen LogP contribution in [-0.2, 0) is 17.6 Å². The number of benzene rings is 2. The minimum Gasteiger partial charge on any atom is -0.494 e. The van der Waals surface area contributed by atoms with Crippen LogP contribution < -0.4 is 15.6 Å². The number of ether oxygens (including phenoxy) is 1. The van der Waals surface area contributed by atoms with Gasteiger partial charge in [0.1, 0.15) is 10.6 Å². The number of hydrogen-bond donors (Lipinski definition) is 1. The maximum atomic E-state index is 13.9. The topological polar surface area (TPSA) is 73.2 Å². The Hall–Kier alpha value is -3.10. The van der Waals surface area contributed by atoms with E-state index in [1.54, 1.807) is 15.9 Å². The number of thioether (sulfide) groups is 1. The Labute approximate surface area is 212 Å². The van der Waals surface area contributed by atoms with Crippen molar-refractivity contribution in [3.05, 3.63) is 74.9 Å². The van der Waals surface area contributed by atoms with Crippen LogP contribution in [0.1, 0.15) is 35.8 Å². The standard InChI is InChI=1S/C27H27N3O3S2/c1-3-33-20-13-11-19(12-14-20)30-26(32)24-21-9-4-5-10-22(21)35-25(24)29-27(30)34-16-23(31)28-18-8-6-7-17(2)15-18/h6-8,11-15H,3-5,9-10,16H2,1-2H3,(H,28,31). The van der Waals surface area contributed by atoms with Crippen molar-refractivity contribution in [3.8, 4) is 11.4 Å². The summed E-state index contributed by atoms with van der Waals surface area (Å²) in [7, 11) is 0. The van der Waals surface area contributed by atoms with Crippen molar-refractivity contribution in [2.24, 2.45) is 0 Å². The van der Waals surface area contributed by atoms with Gasteiger partial charge in [-0.3, -0.25) is 14.2 Å². The maximum absolute atomic E-state index is 13.9. The van der Waals surface area contributed by atoms with Crippen molar-refractivity contribution in [2.45, 2.75) is 44.7 Å². The zero-order chi connectivity index (χ0) is 24.4. The highest BCUT2D eigenvalue weighted by Crippen LogP contribution is 2.35. The molecule has 6 nitrogen and oxygen atoms in total. The van der Waals surface area contributed by atoms with Gasteiger partial charge in [-0.15, -0.1) is 11.3 Å². The number of anilines is 1. The van der Waals surface area contributed by atoms with Crippen molar-refractivity contribution in [3.63, 3.8) is 0 Å². The van der Waals surface area contributed by atoms with Gasteiger partial charge in [-0.1, -0.05) is 23.9 Å². The SMILES string of the molecule is CCOc1ccc(-n2c(SCC(=O)Nc3cccc(C)c3)nc3sc4c(c3c2=O)CCCC4)cc1. The Morgan fingerprint density at radius 1 is 1.17 bits per heavy atom. The summed E-state index contributed by atoms with van der Waals surface area (Å²) in [5.74, 6) is 0.755. The van der Waals surface area contributed by atoms with Gasteiger partial charge in [-0.05, 0) is 87.1 Å². The van der Waals surface area contributed by atoms with Crippen LogP contribution in [0.2, 0.25) is 0 Å². The molecule has 0 aliphatic heterocycles. The van der Waals surface area contributed by atoms with Crippen LogP contribution >= 0.6 is 23.1 Å². The third kappa shape index (κ3) is 4.99. The summed E-state index contributed by atoms with van der Waals surface area (Å²) in [5, 5.41) is 4.18. The predicted molar refractivity (Wildman–Crippen MR) is 144 cm³/mol. The van der Waals surface area contributed by atoms with Crippen molar-refractivity contribution in [1.29, 1.82) is 0 Å². The highest BCUT2D eigenvalue weighted by Gasteiger charge is 2.23. The number of fused-ring (bicyclic) bond motifs is 3. The smallest absolute Gasteiger partial charge is 0.267 e. The average Bonchev–Trinajstić information content (AvgIpc) is 3.22. The Morgan fingerprint density at radius 3 is 2.74 bits per heavy atom. The predicted octanol–water partition coefficient (Wildman–Crippen LogP) is 5.76. The van der Waals surface area contributed by atoms with Crippen molar-refractivity contribution in [2.75, 3.05) is 17.7 Å². The van der Waals surface area contributed by atoms with Gasteiger partial charge in [-0.25, -0.2) is 4.98 Å². The first kappa shape index (κ1) is 23.6. The van der Waals surface area contributed by atoms with Gasteiger partial charge in [0.2, 0.25) is 5.91 Å². The Bertz CT molecular complexity index is 1440. The van der Waals surface area contributed by atoms with E-state index >= 15 is 0 Å². The Kier molecular flexibility index (Phi) is 6.92. The van der Waals surface area contributed by atoms with Crippen LogP contribution in [0.4, 0.5) is 5.69 Å². The monoisotopic (exact) mass is 505 g/mol. The molecule has 1 aliphatic rings. The molecule has 0 fully saturated rings. The molecule has 0 saturated carbocycles. The van der Waals surface area contributed by atoms with E-state index < -0.39 is 0 Å². The van der Waals surface area contributed by atoms with E-state index in [0.29, 0.717) is 17.5 Å². The lowest BCUT2D eigenvalue weighted by Crippen LogP contribution is -2.23. The molecule has 2 heterocycles. The molecule has 1 aliphatic carbocycles. The summed E-state index contributed by atoms with van der Waals surface area (Å²) in [5.41, 5.74) is 3.63. The summed E-state index contributed by atoms with van der Waals surface area (Å²) in [6.07, 6.45) is 4.16. The summed E-state index contributed by atoms with van der Waals surface area (Å²) in [6, 6.07) is 15.2. The highest BCUT2D eigenvalue weighted by atomic mass is 32.2. The van der Waals surface area contributed by atoms with Crippen LogP contribution in [0.5, 0.6) is 5.75 Å². The quantitative estimate of drug-likeness (QED) is 0.255. The van der Waals surface area contributed by atoms with Crippen molar-refractivity contribution < 1.29 is 9.53 Å². The second-order valence-corrected chi connectivity index (χ2v) is 10.6. The number of hydrogen-bond acceptors (Lipinski definition) is 6. The first-order valence-electron chi connectivity index (χ1n) is 11.8. The van der Waals surface area contributed by atoms with E-state index in [4.69, 9.17) is 9.72 Å². The molecule has 35 heavy (non-hydrogen) atoms. The van der Waals surface area contributed by atoms with Gasteiger partial charge in [0.15, 0.2) is 5.16 Å². The fourth-order valence-electron chi connectivity index (χ4n) is 4.42. The fourth-order valence-corrected chi connectivity index (χ4v) is 6.53. The molecule has 4 aromatic rings. The summed E-state index contributed by atoms with van der Waals surface area (Å²) >= 11 is 2.90. The second-order valence-electron chi connectivity index (χ2n) is 8.56. The molecule has 0 saturated heterocycles. The molecule has 8 heteroatoms. The lowest BCUT2D eigenvalue weighted by Gasteiger charge is -2.14. The minimum atomic E-state index is -0.140. The Morgan fingerprint density at radius 2 is 1.97 bits per heavy atom. The first-order valence-corrected chi connectivity index (χ1v) is 13.6. The molecular weight excluding hydrogens is 478 g/mol. The average molecular weight is 506 g/mol. The molecule has 5 rings (SSSR count). The second kappa shape index (κ2) is 10.3. The molecule has 180 valence electrons. The van der Waals surface area contributed by atoms with E-state index in [-0.39, 0.29) is 17.2 Å². The largest absolute Gasteiger partial charge is 0.494 e. The first-order chi connectivity index (χ1) is 17.0. The zero-order valence-electron chi connectivity index (χ0n) is 19.8. The molecule has 0 spiro atoms. The lowest BCUT2D eigenvalue weighted by atomic mass is 9.97. The van der Waals surface area contributed by atoms with Crippen LogP contribution in [0, 0.1) is 6.92 Å². The highest BCUT2D eigenvalue weighted by molar-refractivity contribution is 7.99. The summed E-state index contributed by atoms with van der Waals surface area (Å²) in [4.78, 5) is 33.5. The van der Waals surface area contributed by atoms with E-state index in [1.165, 1.54) is 16.6 Å². The Balaban J connectivity index is 1.51. The van der Waals surface area contributed by atoms with Crippen LogP contribution in [0.3, 0.4) is 0 Å². The van der Waals surface area contributed by atoms with Gasteiger partial charge in [-0.2, -0.15) is 0 Å². The third-order valence-corrected chi connectivity index (χ3v) is 8.12. The molecule has 0 unspecified atom stereocenters. The molecular formula is C27H27N3O3S2. The number of nitrogens with zero attached hydrogens (tertiary/aromatic N) is 2. The van der Waals surface area contributed by atoms with Gasteiger partial charge in [0.25, 0.3) is 5.56 Å². The van der Waals surface area contributed by atoms with Gasteiger partial charge < -0.3 is 10.1 Å².